The van der Waals surface area contributed by atoms with Crippen LogP contribution in [0.3, 0.4) is 0 Å². The first kappa shape index (κ1) is 9.80. The molecular formula is C9H9F2NO. The summed E-state index contributed by atoms with van der Waals surface area (Å²) in [5, 5.41) is 0. The molecule has 1 atom stereocenters. The van der Waals surface area contributed by atoms with Crippen molar-refractivity contribution in [2.24, 2.45) is 5.73 Å². The number of carbonyl (C=O) groups is 1. The monoisotopic (exact) mass is 185 g/mol. The van der Waals surface area contributed by atoms with E-state index in [-0.39, 0.29) is 5.56 Å². The lowest BCUT2D eigenvalue weighted by atomic mass is 10.0. The van der Waals surface area contributed by atoms with E-state index in [9.17, 15) is 13.6 Å². The molecule has 0 saturated carbocycles. The molecule has 0 aromatic heterocycles. The third kappa shape index (κ3) is 1.89. The molecule has 0 bridgehead atoms. The van der Waals surface area contributed by atoms with Crippen LogP contribution in [0.5, 0.6) is 0 Å². The normalized spacial score (nSPS) is 12.6. The van der Waals surface area contributed by atoms with Crippen molar-refractivity contribution in [3.05, 3.63) is 35.4 Å². The predicted molar refractivity (Wildman–Crippen MR) is 44.0 cm³/mol. The molecule has 1 aromatic rings. The lowest BCUT2D eigenvalue weighted by Gasteiger charge is -2.08. The number of ketones is 1. The van der Waals surface area contributed by atoms with E-state index in [0.29, 0.717) is 0 Å². The van der Waals surface area contributed by atoms with E-state index < -0.39 is 23.5 Å². The van der Waals surface area contributed by atoms with Crippen LogP contribution in [0.25, 0.3) is 0 Å². The molecule has 4 heteroatoms. The van der Waals surface area contributed by atoms with Crippen molar-refractivity contribution in [3.63, 3.8) is 0 Å². The van der Waals surface area contributed by atoms with Gasteiger partial charge < -0.3 is 5.73 Å². The Balaban J connectivity index is 3.15. The Morgan fingerprint density at radius 3 is 2.62 bits per heavy atom. The lowest BCUT2D eigenvalue weighted by Crippen LogP contribution is -2.20. The number of benzene rings is 1. The Kier molecular flexibility index (Phi) is 2.72. The number of rotatable bonds is 2. The molecule has 0 aliphatic rings. The van der Waals surface area contributed by atoms with Crippen LogP contribution in [0.4, 0.5) is 8.78 Å². The molecule has 2 N–H and O–H groups in total. The molecule has 0 saturated heterocycles. The first-order chi connectivity index (χ1) is 6.04. The van der Waals surface area contributed by atoms with Crippen molar-refractivity contribution in [2.45, 2.75) is 13.0 Å². The van der Waals surface area contributed by atoms with Gasteiger partial charge in [0.1, 0.15) is 0 Å². The average molecular weight is 185 g/mol. The summed E-state index contributed by atoms with van der Waals surface area (Å²) >= 11 is 0. The molecule has 1 rings (SSSR count). The molecule has 1 unspecified atom stereocenters. The first-order valence-electron chi connectivity index (χ1n) is 3.74. The van der Waals surface area contributed by atoms with Crippen molar-refractivity contribution in [2.75, 3.05) is 0 Å². The standard InChI is InChI=1S/C9H9F2NO/c1-5(13)9(12)6-3-2-4-7(10)8(6)11/h2-4,9H,12H2,1H3. The SMILES string of the molecule is CC(=O)C(N)c1cccc(F)c1F. The van der Waals surface area contributed by atoms with Gasteiger partial charge in [0.05, 0.1) is 6.04 Å². The maximum Gasteiger partial charge on any atom is 0.164 e. The van der Waals surface area contributed by atoms with Gasteiger partial charge in [-0.2, -0.15) is 0 Å². The van der Waals surface area contributed by atoms with E-state index in [0.717, 1.165) is 6.07 Å². The number of halogens is 2. The fourth-order valence-corrected chi connectivity index (χ4v) is 0.980. The van der Waals surface area contributed by atoms with Crippen LogP contribution < -0.4 is 5.73 Å². The highest BCUT2D eigenvalue weighted by molar-refractivity contribution is 5.82. The highest BCUT2D eigenvalue weighted by atomic mass is 19.2. The fourth-order valence-electron chi connectivity index (χ4n) is 0.980. The van der Waals surface area contributed by atoms with E-state index in [2.05, 4.69) is 0 Å². The zero-order chi connectivity index (χ0) is 10.0. The topological polar surface area (TPSA) is 43.1 Å². The third-order valence-corrected chi connectivity index (χ3v) is 1.75. The number of hydrogen-bond acceptors (Lipinski definition) is 2. The van der Waals surface area contributed by atoms with E-state index in [1.807, 2.05) is 0 Å². The molecule has 0 aliphatic carbocycles. The number of hydrogen-bond donors (Lipinski definition) is 1. The molecule has 1 aromatic carbocycles. The Morgan fingerprint density at radius 1 is 1.46 bits per heavy atom. The number of Topliss-reactive ketones (excluding diaryl/α,β-unsaturated/α-hetero) is 1. The molecule has 0 radical (unpaired) electrons. The predicted octanol–water partition coefficient (Wildman–Crippen LogP) is 1.55. The van der Waals surface area contributed by atoms with Gasteiger partial charge in [-0.1, -0.05) is 12.1 Å². The fraction of sp³-hybridized carbons (Fsp3) is 0.222. The average Bonchev–Trinajstić information content (AvgIpc) is 2.08. The summed E-state index contributed by atoms with van der Waals surface area (Å²) in [6.45, 7) is 1.23. The quantitative estimate of drug-likeness (QED) is 0.759. The lowest BCUT2D eigenvalue weighted by molar-refractivity contribution is -0.118. The third-order valence-electron chi connectivity index (χ3n) is 1.75. The van der Waals surface area contributed by atoms with Gasteiger partial charge in [0.15, 0.2) is 17.4 Å². The maximum absolute atomic E-state index is 13.0. The molecule has 0 heterocycles. The van der Waals surface area contributed by atoms with Gasteiger partial charge >= 0.3 is 0 Å². The zero-order valence-electron chi connectivity index (χ0n) is 7.05. The Morgan fingerprint density at radius 2 is 2.08 bits per heavy atom. The van der Waals surface area contributed by atoms with Crippen LogP contribution >= 0.6 is 0 Å². The zero-order valence-corrected chi connectivity index (χ0v) is 7.05. The van der Waals surface area contributed by atoms with Crippen LogP contribution in [-0.4, -0.2) is 5.78 Å². The molecule has 0 fully saturated rings. The summed E-state index contributed by atoms with van der Waals surface area (Å²) in [4.78, 5) is 10.8. The summed E-state index contributed by atoms with van der Waals surface area (Å²) < 4.78 is 25.7. The van der Waals surface area contributed by atoms with Crippen LogP contribution in [0.1, 0.15) is 18.5 Å². The Bertz CT molecular complexity index is 338. The van der Waals surface area contributed by atoms with E-state index in [4.69, 9.17) is 5.73 Å². The molecule has 70 valence electrons. The van der Waals surface area contributed by atoms with Gasteiger partial charge in [0.25, 0.3) is 0 Å². The summed E-state index contributed by atoms with van der Waals surface area (Å²) in [7, 11) is 0. The summed E-state index contributed by atoms with van der Waals surface area (Å²) in [5.74, 6) is -2.44. The van der Waals surface area contributed by atoms with Crippen molar-refractivity contribution >= 4 is 5.78 Å². The second kappa shape index (κ2) is 3.62. The van der Waals surface area contributed by atoms with Gasteiger partial charge in [0.2, 0.25) is 0 Å². The number of nitrogens with two attached hydrogens (primary N) is 1. The van der Waals surface area contributed by atoms with Crippen LogP contribution in [-0.2, 0) is 4.79 Å². The van der Waals surface area contributed by atoms with Crippen LogP contribution in [0.2, 0.25) is 0 Å². The molecule has 0 amide bonds. The second-order valence-corrected chi connectivity index (χ2v) is 2.73. The number of carbonyl (C=O) groups excluding carboxylic acids is 1. The van der Waals surface area contributed by atoms with Gasteiger partial charge in [-0.3, -0.25) is 4.79 Å². The molecule has 0 aliphatic heterocycles. The molecule has 0 spiro atoms. The summed E-state index contributed by atoms with van der Waals surface area (Å²) in [5.41, 5.74) is 5.25. The van der Waals surface area contributed by atoms with Crippen molar-refractivity contribution in [1.82, 2.24) is 0 Å². The van der Waals surface area contributed by atoms with Gasteiger partial charge in [-0.05, 0) is 13.0 Å². The van der Waals surface area contributed by atoms with Crippen LogP contribution in [0.15, 0.2) is 18.2 Å². The minimum atomic E-state index is -1.09. The minimum absolute atomic E-state index is 0.104. The van der Waals surface area contributed by atoms with E-state index >= 15 is 0 Å². The Labute approximate surface area is 74.4 Å². The van der Waals surface area contributed by atoms with Crippen molar-refractivity contribution in [3.8, 4) is 0 Å². The highest BCUT2D eigenvalue weighted by Crippen LogP contribution is 2.17. The van der Waals surface area contributed by atoms with Gasteiger partial charge in [-0.25, -0.2) is 8.78 Å². The largest absolute Gasteiger partial charge is 0.318 e. The van der Waals surface area contributed by atoms with Crippen LogP contribution in [0, 0.1) is 11.6 Å². The summed E-state index contributed by atoms with van der Waals surface area (Å²) in [6.07, 6.45) is 0. The highest BCUT2D eigenvalue weighted by Gasteiger charge is 2.17. The smallest absolute Gasteiger partial charge is 0.164 e. The first-order valence-corrected chi connectivity index (χ1v) is 3.74. The van der Waals surface area contributed by atoms with E-state index in [1.54, 1.807) is 0 Å². The summed E-state index contributed by atoms with van der Waals surface area (Å²) in [6, 6.07) is 2.50. The Hall–Kier alpha value is -1.29. The van der Waals surface area contributed by atoms with E-state index in [1.165, 1.54) is 19.1 Å². The molecular weight excluding hydrogens is 176 g/mol. The molecule has 2 nitrogen and oxygen atoms in total. The van der Waals surface area contributed by atoms with Crippen molar-refractivity contribution < 1.29 is 13.6 Å². The van der Waals surface area contributed by atoms with Gasteiger partial charge in [-0.15, -0.1) is 0 Å². The van der Waals surface area contributed by atoms with Gasteiger partial charge in [0, 0.05) is 5.56 Å². The maximum atomic E-state index is 13.0. The second-order valence-electron chi connectivity index (χ2n) is 2.73. The minimum Gasteiger partial charge on any atom is -0.318 e. The van der Waals surface area contributed by atoms with Crippen molar-refractivity contribution in [1.29, 1.82) is 0 Å². The molecule has 13 heavy (non-hydrogen) atoms.